The Morgan fingerprint density at radius 1 is 1.24 bits per heavy atom. The van der Waals surface area contributed by atoms with Crippen LogP contribution >= 0.6 is 12.4 Å². The average molecular weight is 341 g/mol. The number of sulfone groups is 1. The molecule has 2 atom stereocenters. The van der Waals surface area contributed by atoms with Gasteiger partial charge in [0, 0.05) is 6.04 Å². The van der Waals surface area contributed by atoms with Crippen molar-refractivity contribution in [1.29, 1.82) is 0 Å². The molecule has 1 saturated carbocycles. The molecule has 0 aromatic rings. The largest absolute Gasteiger partial charge is 0.352 e. The number of hydrogen-bond donors (Lipinski definition) is 2. The molecule has 0 bridgehead atoms. The van der Waals surface area contributed by atoms with Gasteiger partial charge in [0.2, 0.25) is 5.91 Å². The summed E-state index contributed by atoms with van der Waals surface area (Å²) in [6, 6.07) is 0.0482. The molecule has 1 rings (SSSR count). The molecular weight excluding hydrogens is 312 g/mol. The van der Waals surface area contributed by atoms with Crippen LogP contribution in [0.2, 0.25) is 0 Å². The van der Waals surface area contributed by atoms with Crippen LogP contribution in [0, 0.1) is 5.92 Å². The normalized spacial score (nSPS) is 22.4. The third kappa shape index (κ3) is 8.02. The van der Waals surface area contributed by atoms with E-state index in [1.54, 1.807) is 0 Å². The van der Waals surface area contributed by atoms with Crippen LogP contribution in [0.15, 0.2) is 0 Å². The van der Waals surface area contributed by atoms with E-state index in [9.17, 15) is 13.2 Å². The maximum atomic E-state index is 11.9. The fourth-order valence-corrected chi connectivity index (χ4v) is 4.04. The Kier molecular flexibility index (Phi) is 10.2. The molecule has 5 nitrogen and oxygen atoms in total. The Hall–Kier alpha value is -0.330. The van der Waals surface area contributed by atoms with Crippen molar-refractivity contribution in [2.75, 3.05) is 18.1 Å². The highest BCUT2D eigenvalue weighted by Crippen LogP contribution is 2.23. The first-order valence-electron chi connectivity index (χ1n) is 7.68. The topological polar surface area (TPSA) is 89.3 Å². The zero-order valence-corrected chi connectivity index (χ0v) is 14.5. The van der Waals surface area contributed by atoms with Gasteiger partial charge in [-0.2, -0.15) is 0 Å². The van der Waals surface area contributed by atoms with Gasteiger partial charge in [-0.25, -0.2) is 8.42 Å². The molecule has 0 heterocycles. The van der Waals surface area contributed by atoms with Crippen LogP contribution in [0.3, 0.4) is 0 Å². The third-order valence-electron chi connectivity index (χ3n) is 3.97. The van der Waals surface area contributed by atoms with Crippen molar-refractivity contribution in [3.05, 3.63) is 0 Å². The van der Waals surface area contributed by atoms with E-state index in [1.165, 1.54) is 0 Å². The lowest BCUT2D eigenvalue weighted by molar-refractivity contribution is -0.119. The number of unbranched alkanes of at least 4 members (excludes halogenated alkanes) is 2. The summed E-state index contributed by atoms with van der Waals surface area (Å²) in [7, 11) is -3.27. The second kappa shape index (κ2) is 10.4. The van der Waals surface area contributed by atoms with E-state index in [4.69, 9.17) is 5.73 Å². The van der Waals surface area contributed by atoms with Gasteiger partial charge < -0.3 is 11.1 Å². The van der Waals surface area contributed by atoms with E-state index in [1.807, 2.05) is 6.92 Å². The molecule has 1 aliphatic rings. The van der Waals surface area contributed by atoms with Crippen LogP contribution in [0.4, 0.5) is 0 Å². The number of carbonyl (C=O) groups is 1. The van der Waals surface area contributed by atoms with Crippen LogP contribution in [-0.4, -0.2) is 38.4 Å². The third-order valence-corrected chi connectivity index (χ3v) is 5.58. The summed E-state index contributed by atoms with van der Waals surface area (Å²) in [6.45, 7) is 2.57. The molecule has 21 heavy (non-hydrogen) atoms. The van der Waals surface area contributed by atoms with Gasteiger partial charge in [-0.1, -0.05) is 32.6 Å². The van der Waals surface area contributed by atoms with Gasteiger partial charge in [0.05, 0.1) is 5.75 Å². The van der Waals surface area contributed by atoms with Gasteiger partial charge in [-0.15, -0.1) is 12.4 Å². The molecule has 126 valence electrons. The Labute approximate surface area is 134 Å². The fraction of sp³-hybridized carbons (Fsp3) is 0.929. The Morgan fingerprint density at radius 2 is 1.90 bits per heavy atom. The lowest BCUT2D eigenvalue weighted by atomic mass is 9.84. The predicted octanol–water partition coefficient (Wildman–Crippen LogP) is 1.65. The first-order valence-corrected chi connectivity index (χ1v) is 9.50. The quantitative estimate of drug-likeness (QED) is 0.657. The minimum Gasteiger partial charge on any atom is -0.352 e. The zero-order valence-electron chi connectivity index (χ0n) is 12.8. The smallest absolute Gasteiger partial charge is 0.235 e. The predicted molar refractivity (Wildman–Crippen MR) is 88.4 cm³/mol. The average Bonchev–Trinajstić information content (AvgIpc) is 2.38. The van der Waals surface area contributed by atoms with Gasteiger partial charge >= 0.3 is 0 Å². The molecule has 0 aliphatic heterocycles. The van der Waals surface area contributed by atoms with E-state index in [2.05, 4.69) is 5.32 Å². The van der Waals surface area contributed by atoms with E-state index in [0.717, 1.165) is 38.5 Å². The lowest BCUT2D eigenvalue weighted by Gasteiger charge is -2.31. The summed E-state index contributed by atoms with van der Waals surface area (Å²) in [6.07, 6.45) is 6.64. The Bertz CT molecular complexity index is 401. The monoisotopic (exact) mass is 340 g/mol. The number of amides is 1. The summed E-state index contributed by atoms with van der Waals surface area (Å²) in [5, 5.41) is 2.87. The van der Waals surface area contributed by atoms with Gasteiger partial charge in [-0.3, -0.25) is 4.79 Å². The highest BCUT2D eigenvalue weighted by molar-refractivity contribution is 7.92. The first-order chi connectivity index (χ1) is 9.48. The van der Waals surface area contributed by atoms with E-state index < -0.39 is 9.84 Å². The van der Waals surface area contributed by atoms with E-state index in [-0.39, 0.29) is 41.8 Å². The lowest BCUT2D eigenvalue weighted by Crippen LogP contribution is -2.46. The molecule has 0 radical (unpaired) electrons. The minimum atomic E-state index is -3.27. The first kappa shape index (κ1) is 20.7. The molecule has 1 amide bonds. The highest BCUT2D eigenvalue weighted by atomic mass is 35.5. The molecule has 3 N–H and O–H groups in total. The molecule has 1 aliphatic carbocycles. The fourth-order valence-electron chi connectivity index (χ4n) is 2.77. The number of nitrogens with two attached hydrogens (primary N) is 1. The van der Waals surface area contributed by atoms with Gasteiger partial charge in [-0.05, 0) is 31.7 Å². The summed E-state index contributed by atoms with van der Waals surface area (Å²) in [4.78, 5) is 11.9. The van der Waals surface area contributed by atoms with Crippen molar-refractivity contribution in [1.82, 2.24) is 5.32 Å². The summed E-state index contributed by atoms with van der Waals surface area (Å²) in [5.74, 6) is -0.355. The van der Waals surface area contributed by atoms with Crippen molar-refractivity contribution < 1.29 is 13.2 Å². The van der Waals surface area contributed by atoms with Crippen LogP contribution < -0.4 is 11.1 Å². The van der Waals surface area contributed by atoms with Crippen LogP contribution in [-0.2, 0) is 14.6 Å². The molecule has 0 saturated heterocycles. The van der Waals surface area contributed by atoms with E-state index in [0.29, 0.717) is 13.0 Å². The maximum Gasteiger partial charge on any atom is 0.235 e. The van der Waals surface area contributed by atoms with Gasteiger partial charge in [0.25, 0.3) is 0 Å². The van der Waals surface area contributed by atoms with Crippen LogP contribution in [0.1, 0.15) is 51.9 Å². The van der Waals surface area contributed by atoms with Gasteiger partial charge in [0.1, 0.15) is 5.75 Å². The molecule has 0 spiro atoms. The molecule has 0 aromatic carbocycles. The van der Waals surface area contributed by atoms with Crippen molar-refractivity contribution >= 4 is 28.2 Å². The Morgan fingerprint density at radius 3 is 2.52 bits per heavy atom. The number of rotatable bonds is 8. The SMILES string of the molecule is CCCCCS(=O)(=O)CC(=O)NC1CCCCC1CN.Cl. The van der Waals surface area contributed by atoms with Crippen LogP contribution in [0.25, 0.3) is 0 Å². The summed E-state index contributed by atoms with van der Waals surface area (Å²) < 4.78 is 23.6. The number of halogens is 1. The molecule has 0 aromatic heterocycles. The molecular formula is C14H29ClN2O3S. The molecule has 7 heteroatoms. The number of nitrogens with one attached hydrogen (secondary N) is 1. The van der Waals surface area contributed by atoms with Crippen LogP contribution in [0.5, 0.6) is 0 Å². The zero-order chi connectivity index (χ0) is 15.0. The standard InChI is InChI=1S/C14H28N2O3S.ClH/c1-2-3-6-9-20(18,19)11-14(17)16-13-8-5-4-7-12(13)10-15;/h12-13H,2-11,15H2,1H3,(H,16,17);1H. The van der Waals surface area contributed by atoms with Crippen molar-refractivity contribution in [3.63, 3.8) is 0 Å². The van der Waals surface area contributed by atoms with E-state index >= 15 is 0 Å². The highest BCUT2D eigenvalue weighted by Gasteiger charge is 2.26. The van der Waals surface area contributed by atoms with Gasteiger partial charge in [0.15, 0.2) is 9.84 Å². The maximum absolute atomic E-state index is 11.9. The number of carbonyl (C=O) groups excluding carboxylic acids is 1. The van der Waals surface area contributed by atoms with Crippen molar-refractivity contribution in [2.24, 2.45) is 11.7 Å². The minimum absolute atomic E-state index is 0. The Balaban J connectivity index is 0.00000400. The second-order valence-corrected chi connectivity index (χ2v) is 7.94. The van der Waals surface area contributed by atoms with Crippen molar-refractivity contribution in [3.8, 4) is 0 Å². The second-order valence-electron chi connectivity index (χ2n) is 5.75. The molecule has 2 unspecified atom stereocenters. The van der Waals surface area contributed by atoms with Crippen molar-refractivity contribution in [2.45, 2.75) is 57.9 Å². The molecule has 1 fully saturated rings. The summed E-state index contributed by atoms with van der Waals surface area (Å²) in [5.41, 5.74) is 5.71. The number of hydrogen-bond acceptors (Lipinski definition) is 4. The summed E-state index contributed by atoms with van der Waals surface area (Å²) >= 11 is 0.